The SMILES string of the molecule is C#CC1(OC(=O)C2CCC2)CCC2C3CCC4=CC(=O)CCC4C3CCC21CC. The average molecular weight is 395 g/mol. The van der Waals surface area contributed by atoms with Gasteiger partial charge in [-0.3, -0.25) is 9.59 Å². The Bertz CT molecular complexity index is 784. The molecule has 0 N–H and O–H groups in total. The van der Waals surface area contributed by atoms with Crippen molar-refractivity contribution in [1.82, 2.24) is 0 Å². The van der Waals surface area contributed by atoms with Gasteiger partial charge in [-0.25, -0.2) is 0 Å². The number of fused-ring (bicyclic) bond motifs is 5. The minimum atomic E-state index is -0.706. The highest BCUT2D eigenvalue weighted by molar-refractivity contribution is 5.91. The summed E-state index contributed by atoms with van der Waals surface area (Å²) in [6.45, 7) is 2.26. The Kier molecular flexibility index (Phi) is 4.68. The standard InChI is InChI=1S/C26H34O3/c1-3-25-14-12-21-20-11-9-19(27)16-18(20)8-10-22(21)23(25)13-15-26(25,4-2)29-24(28)17-6-5-7-17/h2,16-17,20-23H,3,5-15H2,1H3. The van der Waals surface area contributed by atoms with Crippen LogP contribution in [0.3, 0.4) is 0 Å². The molecule has 0 aliphatic heterocycles. The van der Waals surface area contributed by atoms with Crippen LogP contribution in [0.25, 0.3) is 0 Å². The molecule has 4 fully saturated rings. The predicted molar refractivity (Wildman–Crippen MR) is 112 cm³/mol. The number of carbonyl (C=O) groups excluding carboxylic acids is 2. The summed E-state index contributed by atoms with van der Waals surface area (Å²) in [4.78, 5) is 24.7. The Balaban J connectivity index is 1.44. The highest BCUT2D eigenvalue weighted by atomic mass is 16.6. The van der Waals surface area contributed by atoms with Crippen molar-refractivity contribution in [3.63, 3.8) is 0 Å². The fourth-order valence-corrected chi connectivity index (χ4v) is 8.02. The van der Waals surface area contributed by atoms with E-state index in [0.29, 0.717) is 35.9 Å². The summed E-state index contributed by atoms with van der Waals surface area (Å²) in [6.07, 6.45) is 20.3. The van der Waals surface area contributed by atoms with E-state index in [2.05, 4.69) is 12.8 Å². The molecule has 0 aromatic carbocycles. The first-order valence-corrected chi connectivity index (χ1v) is 12.0. The van der Waals surface area contributed by atoms with Crippen molar-refractivity contribution in [2.75, 3.05) is 0 Å². The molecule has 6 atom stereocenters. The molecule has 0 aromatic rings. The van der Waals surface area contributed by atoms with Gasteiger partial charge in [0, 0.05) is 11.8 Å². The summed E-state index contributed by atoms with van der Waals surface area (Å²) in [5.74, 6) is 5.92. The normalized spacial score (nSPS) is 43.9. The second-order valence-electron chi connectivity index (χ2n) is 10.4. The molecule has 4 saturated carbocycles. The van der Waals surface area contributed by atoms with Gasteiger partial charge in [-0.1, -0.05) is 24.8 Å². The topological polar surface area (TPSA) is 43.4 Å². The number of carbonyl (C=O) groups is 2. The summed E-state index contributed by atoms with van der Waals surface area (Å²) < 4.78 is 6.29. The molecule has 0 bridgehead atoms. The Morgan fingerprint density at radius 2 is 1.97 bits per heavy atom. The third-order valence-electron chi connectivity index (χ3n) is 9.70. The van der Waals surface area contributed by atoms with Gasteiger partial charge in [0.1, 0.15) is 0 Å². The number of hydrogen-bond acceptors (Lipinski definition) is 3. The molecule has 5 rings (SSSR count). The molecule has 0 spiro atoms. The molecule has 156 valence electrons. The molecule has 3 heteroatoms. The molecule has 5 aliphatic carbocycles. The number of ketones is 1. The van der Waals surface area contributed by atoms with E-state index >= 15 is 0 Å². The molecule has 29 heavy (non-hydrogen) atoms. The third-order valence-corrected chi connectivity index (χ3v) is 9.70. The predicted octanol–water partition coefficient (Wildman–Crippen LogP) is 5.23. The Hall–Kier alpha value is -1.56. The fraction of sp³-hybridized carbons (Fsp3) is 0.769. The van der Waals surface area contributed by atoms with E-state index in [0.717, 1.165) is 64.2 Å². The van der Waals surface area contributed by atoms with Gasteiger partial charge in [0.05, 0.1) is 5.92 Å². The summed E-state index contributed by atoms with van der Waals surface area (Å²) in [5, 5.41) is 0. The first kappa shape index (κ1) is 19.4. The summed E-state index contributed by atoms with van der Waals surface area (Å²) in [5.41, 5.74) is 0.653. The molecular weight excluding hydrogens is 360 g/mol. The zero-order valence-electron chi connectivity index (χ0n) is 17.8. The maximum atomic E-state index is 12.8. The van der Waals surface area contributed by atoms with E-state index in [4.69, 9.17) is 11.2 Å². The third kappa shape index (κ3) is 2.70. The lowest BCUT2D eigenvalue weighted by atomic mass is 9.49. The van der Waals surface area contributed by atoms with E-state index in [1.807, 2.05) is 6.08 Å². The Morgan fingerprint density at radius 3 is 2.66 bits per heavy atom. The Morgan fingerprint density at radius 1 is 1.14 bits per heavy atom. The quantitative estimate of drug-likeness (QED) is 0.486. The summed E-state index contributed by atoms with van der Waals surface area (Å²) in [7, 11) is 0. The van der Waals surface area contributed by atoms with Crippen molar-refractivity contribution in [3.05, 3.63) is 11.6 Å². The average Bonchev–Trinajstić information content (AvgIpc) is 3.01. The van der Waals surface area contributed by atoms with Crippen molar-refractivity contribution in [2.24, 2.45) is 35.0 Å². The van der Waals surface area contributed by atoms with Gasteiger partial charge in [0.2, 0.25) is 0 Å². The van der Waals surface area contributed by atoms with Gasteiger partial charge < -0.3 is 4.74 Å². The van der Waals surface area contributed by atoms with E-state index < -0.39 is 5.60 Å². The Labute approximate surface area is 175 Å². The van der Waals surface area contributed by atoms with Crippen molar-refractivity contribution in [3.8, 4) is 12.3 Å². The van der Waals surface area contributed by atoms with Crippen LogP contribution >= 0.6 is 0 Å². The van der Waals surface area contributed by atoms with Crippen molar-refractivity contribution >= 4 is 11.8 Å². The van der Waals surface area contributed by atoms with E-state index in [9.17, 15) is 9.59 Å². The highest BCUT2D eigenvalue weighted by Crippen LogP contribution is 2.67. The number of terminal acetylenes is 1. The van der Waals surface area contributed by atoms with Crippen molar-refractivity contribution < 1.29 is 14.3 Å². The number of allylic oxidation sites excluding steroid dienone is 1. The zero-order valence-corrected chi connectivity index (χ0v) is 17.8. The molecule has 6 unspecified atom stereocenters. The van der Waals surface area contributed by atoms with Crippen LogP contribution < -0.4 is 0 Å². The first-order chi connectivity index (χ1) is 14.0. The van der Waals surface area contributed by atoms with Crippen LogP contribution in [0, 0.1) is 47.3 Å². The van der Waals surface area contributed by atoms with Gasteiger partial charge in [-0.05, 0) is 94.0 Å². The fourth-order valence-electron chi connectivity index (χ4n) is 8.02. The number of hydrogen-bond donors (Lipinski definition) is 0. The maximum Gasteiger partial charge on any atom is 0.310 e. The van der Waals surface area contributed by atoms with Crippen LogP contribution in [-0.4, -0.2) is 17.4 Å². The zero-order chi connectivity index (χ0) is 20.2. The van der Waals surface area contributed by atoms with E-state index in [1.54, 1.807) is 0 Å². The number of rotatable bonds is 3. The number of ether oxygens (including phenoxy) is 1. The summed E-state index contributed by atoms with van der Waals surface area (Å²) in [6, 6.07) is 0. The van der Waals surface area contributed by atoms with Gasteiger partial charge in [0.25, 0.3) is 0 Å². The molecule has 0 radical (unpaired) electrons. The van der Waals surface area contributed by atoms with Crippen molar-refractivity contribution in [2.45, 2.75) is 89.6 Å². The second-order valence-corrected chi connectivity index (χ2v) is 10.4. The minimum Gasteiger partial charge on any atom is -0.445 e. The molecule has 0 heterocycles. The van der Waals surface area contributed by atoms with Gasteiger partial charge >= 0.3 is 5.97 Å². The lowest BCUT2D eigenvalue weighted by Gasteiger charge is -2.56. The molecular formula is C26H34O3. The maximum absolute atomic E-state index is 12.8. The van der Waals surface area contributed by atoms with Crippen LogP contribution in [0.2, 0.25) is 0 Å². The molecule has 0 amide bonds. The van der Waals surface area contributed by atoms with Gasteiger partial charge in [0.15, 0.2) is 11.4 Å². The lowest BCUT2D eigenvalue weighted by Crippen LogP contribution is -2.55. The lowest BCUT2D eigenvalue weighted by molar-refractivity contribution is -0.180. The molecule has 5 aliphatic rings. The highest BCUT2D eigenvalue weighted by Gasteiger charge is 2.66. The van der Waals surface area contributed by atoms with Gasteiger partial charge in [-0.15, -0.1) is 6.42 Å². The number of esters is 1. The van der Waals surface area contributed by atoms with E-state index in [-0.39, 0.29) is 17.3 Å². The second kappa shape index (κ2) is 7.00. The van der Waals surface area contributed by atoms with Gasteiger partial charge in [-0.2, -0.15) is 0 Å². The molecule has 0 aromatic heterocycles. The molecule has 3 nitrogen and oxygen atoms in total. The smallest absolute Gasteiger partial charge is 0.310 e. The monoisotopic (exact) mass is 394 g/mol. The van der Waals surface area contributed by atoms with Crippen LogP contribution in [0.1, 0.15) is 84.0 Å². The summed E-state index contributed by atoms with van der Waals surface area (Å²) >= 11 is 0. The largest absolute Gasteiger partial charge is 0.445 e. The van der Waals surface area contributed by atoms with Crippen molar-refractivity contribution in [1.29, 1.82) is 0 Å². The van der Waals surface area contributed by atoms with Crippen LogP contribution in [0.5, 0.6) is 0 Å². The minimum absolute atomic E-state index is 0.0375. The van der Waals surface area contributed by atoms with Crippen LogP contribution in [0.15, 0.2) is 11.6 Å². The first-order valence-electron chi connectivity index (χ1n) is 12.0. The molecule has 0 saturated heterocycles. The van der Waals surface area contributed by atoms with Crippen LogP contribution in [-0.2, 0) is 14.3 Å². The van der Waals surface area contributed by atoms with Crippen LogP contribution in [0.4, 0.5) is 0 Å². The van der Waals surface area contributed by atoms with E-state index in [1.165, 1.54) is 12.0 Å².